The van der Waals surface area contributed by atoms with Crippen molar-refractivity contribution in [2.24, 2.45) is 4.99 Å². The summed E-state index contributed by atoms with van der Waals surface area (Å²) < 4.78 is 13.6. The van der Waals surface area contributed by atoms with E-state index in [-0.39, 0.29) is 5.91 Å². The van der Waals surface area contributed by atoms with E-state index in [1.807, 2.05) is 29.7 Å². The van der Waals surface area contributed by atoms with Gasteiger partial charge in [-0.05, 0) is 30.7 Å². The van der Waals surface area contributed by atoms with Crippen LogP contribution in [0.15, 0.2) is 54.0 Å². The van der Waals surface area contributed by atoms with E-state index in [0.717, 1.165) is 15.8 Å². The lowest BCUT2D eigenvalue weighted by molar-refractivity contribution is 0.0997. The van der Waals surface area contributed by atoms with E-state index < -0.39 is 0 Å². The monoisotopic (exact) mass is 368 g/mol. The molecule has 0 atom stereocenters. The van der Waals surface area contributed by atoms with Crippen molar-refractivity contribution in [1.29, 1.82) is 0 Å². The van der Waals surface area contributed by atoms with E-state index in [2.05, 4.69) is 11.6 Å². The van der Waals surface area contributed by atoms with Crippen molar-refractivity contribution in [2.75, 3.05) is 14.2 Å². The molecule has 3 aromatic rings. The lowest BCUT2D eigenvalue weighted by Crippen LogP contribution is -2.16. The maximum Gasteiger partial charge on any atom is 0.279 e. The molecule has 3 rings (SSSR count). The van der Waals surface area contributed by atoms with Gasteiger partial charge >= 0.3 is 0 Å². The second-order valence-electron chi connectivity index (χ2n) is 5.72. The third kappa shape index (κ3) is 3.41. The minimum Gasteiger partial charge on any atom is -0.497 e. The van der Waals surface area contributed by atoms with E-state index in [0.29, 0.717) is 28.4 Å². The highest BCUT2D eigenvalue weighted by Gasteiger charge is 2.12. The zero-order chi connectivity index (χ0) is 18.7. The minimum atomic E-state index is -0.343. The predicted octanol–water partition coefficient (Wildman–Crippen LogP) is 3.96. The number of rotatable bonds is 5. The number of methoxy groups -OCH3 is 2. The SMILES string of the molecule is C=CCn1c(=NC(=O)c2cc(OC)cc(OC)c2)sc2cccc(C)c21. The second kappa shape index (κ2) is 7.58. The number of carbonyl (C=O) groups is 1. The number of hydrogen-bond acceptors (Lipinski definition) is 4. The molecule has 0 bridgehead atoms. The maximum absolute atomic E-state index is 12.8. The van der Waals surface area contributed by atoms with Crippen LogP contribution < -0.4 is 14.3 Å². The van der Waals surface area contributed by atoms with Crippen LogP contribution in [-0.4, -0.2) is 24.7 Å². The van der Waals surface area contributed by atoms with Crippen molar-refractivity contribution in [3.63, 3.8) is 0 Å². The molecule has 0 N–H and O–H groups in total. The lowest BCUT2D eigenvalue weighted by Gasteiger charge is -2.06. The summed E-state index contributed by atoms with van der Waals surface area (Å²) in [5, 5.41) is 0. The number of thiazole rings is 1. The van der Waals surface area contributed by atoms with Crippen molar-refractivity contribution in [2.45, 2.75) is 13.5 Å². The molecule has 0 aliphatic rings. The fourth-order valence-electron chi connectivity index (χ4n) is 2.77. The number of hydrogen-bond donors (Lipinski definition) is 0. The summed E-state index contributed by atoms with van der Waals surface area (Å²) in [6.07, 6.45) is 1.80. The van der Waals surface area contributed by atoms with Gasteiger partial charge in [-0.2, -0.15) is 4.99 Å². The molecule has 0 fully saturated rings. The van der Waals surface area contributed by atoms with Crippen LogP contribution in [0.5, 0.6) is 11.5 Å². The summed E-state index contributed by atoms with van der Waals surface area (Å²) >= 11 is 1.49. The Bertz CT molecular complexity index is 1020. The van der Waals surface area contributed by atoms with E-state index in [9.17, 15) is 4.79 Å². The molecule has 0 saturated carbocycles. The molecule has 134 valence electrons. The van der Waals surface area contributed by atoms with Crippen LogP contribution in [-0.2, 0) is 6.54 Å². The topological polar surface area (TPSA) is 52.8 Å². The van der Waals surface area contributed by atoms with Gasteiger partial charge in [-0.3, -0.25) is 4.79 Å². The molecule has 0 unspecified atom stereocenters. The number of nitrogens with zero attached hydrogens (tertiary/aromatic N) is 2. The van der Waals surface area contributed by atoms with E-state index in [4.69, 9.17) is 9.47 Å². The quantitative estimate of drug-likeness (QED) is 0.641. The normalized spacial score (nSPS) is 11.6. The summed E-state index contributed by atoms with van der Waals surface area (Å²) in [7, 11) is 3.10. The van der Waals surface area contributed by atoms with Crippen LogP contribution in [0, 0.1) is 6.92 Å². The summed E-state index contributed by atoms with van der Waals surface area (Å²) in [6.45, 7) is 6.45. The summed E-state index contributed by atoms with van der Waals surface area (Å²) in [6, 6.07) is 11.1. The van der Waals surface area contributed by atoms with E-state index in [1.165, 1.54) is 11.3 Å². The van der Waals surface area contributed by atoms with E-state index in [1.54, 1.807) is 38.5 Å². The number of aryl methyl sites for hydroxylation is 1. The molecular weight excluding hydrogens is 348 g/mol. The second-order valence-corrected chi connectivity index (χ2v) is 6.73. The Balaban J connectivity index is 2.15. The largest absolute Gasteiger partial charge is 0.497 e. The third-order valence-electron chi connectivity index (χ3n) is 4.01. The third-order valence-corrected chi connectivity index (χ3v) is 5.05. The average molecular weight is 368 g/mol. The minimum absolute atomic E-state index is 0.343. The number of amides is 1. The molecule has 0 saturated heterocycles. The Morgan fingerprint density at radius 1 is 1.23 bits per heavy atom. The highest BCUT2D eigenvalue weighted by Crippen LogP contribution is 2.24. The average Bonchev–Trinajstić information content (AvgIpc) is 3.00. The van der Waals surface area contributed by atoms with Crippen LogP contribution in [0.4, 0.5) is 0 Å². The first kappa shape index (κ1) is 17.9. The van der Waals surface area contributed by atoms with Gasteiger partial charge in [-0.25, -0.2) is 0 Å². The summed E-state index contributed by atoms with van der Waals surface area (Å²) in [4.78, 5) is 17.8. The molecular formula is C20H20N2O3S. The zero-order valence-corrected chi connectivity index (χ0v) is 15.8. The number of ether oxygens (including phenoxy) is 2. The fraction of sp³-hybridized carbons (Fsp3) is 0.200. The molecule has 1 heterocycles. The first-order valence-electron chi connectivity index (χ1n) is 8.09. The van der Waals surface area contributed by atoms with Crippen LogP contribution in [0.3, 0.4) is 0 Å². The molecule has 26 heavy (non-hydrogen) atoms. The Labute approximate surface area is 155 Å². The molecule has 1 aromatic heterocycles. The highest BCUT2D eigenvalue weighted by molar-refractivity contribution is 7.16. The Hall–Kier alpha value is -2.86. The first-order chi connectivity index (χ1) is 12.6. The molecule has 0 aliphatic heterocycles. The molecule has 5 nitrogen and oxygen atoms in total. The maximum atomic E-state index is 12.8. The fourth-order valence-corrected chi connectivity index (χ4v) is 3.89. The summed E-state index contributed by atoms with van der Waals surface area (Å²) in [5.74, 6) is 0.757. The van der Waals surface area contributed by atoms with Crippen molar-refractivity contribution in [3.8, 4) is 11.5 Å². The summed E-state index contributed by atoms with van der Waals surface area (Å²) in [5.41, 5.74) is 2.63. The van der Waals surface area contributed by atoms with Gasteiger partial charge in [0.2, 0.25) is 0 Å². The Kier molecular flexibility index (Phi) is 5.23. The smallest absolute Gasteiger partial charge is 0.279 e. The zero-order valence-electron chi connectivity index (χ0n) is 15.0. The molecule has 1 amide bonds. The molecule has 0 aliphatic carbocycles. The number of carbonyl (C=O) groups excluding carboxylic acids is 1. The van der Waals surface area contributed by atoms with Crippen molar-refractivity contribution < 1.29 is 14.3 Å². The highest BCUT2D eigenvalue weighted by atomic mass is 32.1. The number of allylic oxidation sites excluding steroid dienone is 1. The molecule has 0 radical (unpaired) electrons. The van der Waals surface area contributed by atoms with Crippen molar-refractivity contribution in [1.82, 2.24) is 4.57 Å². The van der Waals surface area contributed by atoms with Gasteiger partial charge in [0.15, 0.2) is 4.80 Å². The number of aromatic nitrogens is 1. The van der Waals surface area contributed by atoms with Crippen LogP contribution >= 0.6 is 11.3 Å². The van der Waals surface area contributed by atoms with Gasteiger partial charge in [-0.1, -0.05) is 29.5 Å². The Morgan fingerprint density at radius 3 is 2.54 bits per heavy atom. The first-order valence-corrected chi connectivity index (χ1v) is 8.91. The molecule has 2 aromatic carbocycles. The Morgan fingerprint density at radius 2 is 1.92 bits per heavy atom. The predicted molar refractivity (Wildman–Crippen MR) is 104 cm³/mol. The van der Waals surface area contributed by atoms with Gasteiger partial charge in [-0.15, -0.1) is 6.58 Å². The van der Waals surface area contributed by atoms with E-state index >= 15 is 0 Å². The van der Waals surface area contributed by atoms with Gasteiger partial charge in [0.25, 0.3) is 5.91 Å². The molecule has 0 spiro atoms. The van der Waals surface area contributed by atoms with Crippen LogP contribution in [0.2, 0.25) is 0 Å². The number of fused-ring (bicyclic) bond motifs is 1. The molecule has 6 heteroatoms. The van der Waals surface area contributed by atoms with Gasteiger partial charge < -0.3 is 14.0 Å². The lowest BCUT2D eigenvalue weighted by atomic mass is 10.2. The number of benzene rings is 2. The van der Waals surface area contributed by atoms with Crippen LogP contribution in [0.1, 0.15) is 15.9 Å². The van der Waals surface area contributed by atoms with Crippen molar-refractivity contribution in [3.05, 3.63) is 65.0 Å². The van der Waals surface area contributed by atoms with Gasteiger partial charge in [0.1, 0.15) is 11.5 Å². The van der Waals surface area contributed by atoms with Gasteiger partial charge in [0, 0.05) is 18.2 Å². The van der Waals surface area contributed by atoms with Crippen molar-refractivity contribution >= 4 is 27.5 Å². The van der Waals surface area contributed by atoms with Crippen LogP contribution in [0.25, 0.3) is 10.2 Å². The standard InChI is InChI=1S/C20H20N2O3S/c1-5-9-22-18-13(2)7-6-8-17(18)26-20(22)21-19(23)14-10-15(24-3)12-16(11-14)25-4/h5-8,10-12H,1,9H2,2-4H3. The van der Waals surface area contributed by atoms with Gasteiger partial charge in [0.05, 0.1) is 24.4 Å². The number of para-hydroxylation sites is 1.